The lowest BCUT2D eigenvalue weighted by Crippen LogP contribution is -2.36. The van der Waals surface area contributed by atoms with E-state index < -0.39 is 12.0 Å². The highest BCUT2D eigenvalue weighted by Gasteiger charge is 2.25. The van der Waals surface area contributed by atoms with Gasteiger partial charge in [0.2, 0.25) is 5.91 Å². The summed E-state index contributed by atoms with van der Waals surface area (Å²) in [4.78, 5) is 25.6. The third-order valence-corrected chi connectivity index (χ3v) is 4.13. The Morgan fingerprint density at radius 2 is 1.80 bits per heavy atom. The van der Waals surface area contributed by atoms with E-state index in [4.69, 9.17) is 5.11 Å². The lowest BCUT2D eigenvalue weighted by molar-refractivity contribution is -0.138. The van der Waals surface area contributed by atoms with Crippen molar-refractivity contribution in [2.45, 2.75) is 26.3 Å². The van der Waals surface area contributed by atoms with Crippen molar-refractivity contribution in [1.29, 1.82) is 0 Å². The molecule has 1 amide bonds. The van der Waals surface area contributed by atoms with Crippen LogP contribution in [0.15, 0.2) is 48.5 Å². The predicted molar refractivity (Wildman–Crippen MR) is 98.6 cm³/mol. The van der Waals surface area contributed by atoms with E-state index in [0.717, 1.165) is 22.4 Å². The fourth-order valence-corrected chi connectivity index (χ4v) is 2.71. The van der Waals surface area contributed by atoms with Crippen LogP contribution in [0, 0.1) is 13.8 Å². The van der Waals surface area contributed by atoms with Gasteiger partial charge < -0.3 is 10.4 Å². The van der Waals surface area contributed by atoms with E-state index in [0.29, 0.717) is 0 Å². The SMILES string of the molecule is Cc1ccc(C)c(NC(=O)C(c2ccccc2)N(C)CCC(=O)O)c1. The highest BCUT2D eigenvalue weighted by atomic mass is 16.4. The van der Waals surface area contributed by atoms with Crippen molar-refractivity contribution in [2.75, 3.05) is 18.9 Å². The van der Waals surface area contributed by atoms with Crippen LogP contribution < -0.4 is 5.32 Å². The number of nitrogens with one attached hydrogen (secondary N) is 1. The van der Waals surface area contributed by atoms with Crippen LogP contribution in [0.1, 0.15) is 29.2 Å². The number of likely N-dealkylation sites (N-methyl/N-ethyl adjacent to an activating group) is 1. The molecule has 2 aromatic rings. The van der Waals surface area contributed by atoms with Gasteiger partial charge >= 0.3 is 5.97 Å². The van der Waals surface area contributed by atoms with E-state index in [1.807, 2.05) is 62.4 Å². The molecule has 0 aliphatic heterocycles. The minimum atomic E-state index is -0.881. The van der Waals surface area contributed by atoms with Crippen LogP contribution in [-0.2, 0) is 9.59 Å². The van der Waals surface area contributed by atoms with Gasteiger partial charge in [0.25, 0.3) is 0 Å². The molecule has 2 N–H and O–H groups in total. The first kappa shape index (κ1) is 18.7. The molecule has 0 fully saturated rings. The molecule has 0 bridgehead atoms. The Morgan fingerprint density at radius 3 is 2.44 bits per heavy atom. The highest BCUT2D eigenvalue weighted by Crippen LogP contribution is 2.24. The van der Waals surface area contributed by atoms with Crippen molar-refractivity contribution in [3.05, 3.63) is 65.2 Å². The van der Waals surface area contributed by atoms with E-state index in [9.17, 15) is 9.59 Å². The lowest BCUT2D eigenvalue weighted by Gasteiger charge is -2.27. The average molecular weight is 340 g/mol. The normalized spacial score (nSPS) is 12.0. The summed E-state index contributed by atoms with van der Waals surface area (Å²) < 4.78 is 0. The summed E-state index contributed by atoms with van der Waals surface area (Å²) in [5.41, 5.74) is 3.66. The zero-order chi connectivity index (χ0) is 18.4. The van der Waals surface area contributed by atoms with E-state index in [1.165, 1.54) is 0 Å². The van der Waals surface area contributed by atoms with Gasteiger partial charge in [-0.15, -0.1) is 0 Å². The molecule has 0 saturated carbocycles. The van der Waals surface area contributed by atoms with Gasteiger partial charge in [0.15, 0.2) is 0 Å². The molecule has 0 aliphatic rings. The van der Waals surface area contributed by atoms with Gasteiger partial charge in [-0.1, -0.05) is 42.5 Å². The van der Waals surface area contributed by atoms with Crippen molar-refractivity contribution in [3.63, 3.8) is 0 Å². The van der Waals surface area contributed by atoms with E-state index >= 15 is 0 Å². The summed E-state index contributed by atoms with van der Waals surface area (Å²) in [5, 5.41) is 11.9. The van der Waals surface area contributed by atoms with Gasteiger partial charge in [0.1, 0.15) is 6.04 Å². The topological polar surface area (TPSA) is 69.6 Å². The first-order valence-corrected chi connectivity index (χ1v) is 8.23. The molecule has 0 aromatic heterocycles. The van der Waals surface area contributed by atoms with Crippen LogP contribution in [0.4, 0.5) is 5.69 Å². The van der Waals surface area contributed by atoms with Crippen LogP contribution in [0.2, 0.25) is 0 Å². The minimum absolute atomic E-state index is 0.0173. The molecular formula is C20H24N2O3. The fourth-order valence-electron chi connectivity index (χ4n) is 2.71. The molecule has 132 valence electrons. The molecule has 2 rings (SSSR count). The number of hydrogen-bond donors (Lipinski definition) is 2. The fraction of sp³-hybridized carbons (Fsp3) is 0.300. The molecule has 5 heteroatoms. The maximum absolute atomic E-state index is 13.0. The van der Waals surface area contributed by atoms with E-state index in [1.54, 1.807) is 11.9 Å². The van der Waals surface area contributed by atoms with E-state index in [-0.39, 0.29) is 18.9 Å². The number of anilines is 1. The second-order valence-electron chi connectivity index (χ2n) is 6.25. The van der Waals surface area contributed by atoms with Crippen molar-refractivity contribution in [3.8, 4) is 0 Å². The van der Waals surface area contributed by atoms with Crippen LogP contribution >= 0.6 is 0 Å². The molecule has 0 radical (unpaired) electrons. The Kier molecular flexibility index (Phi) is 6.31. The second-order valence-corrected chi connectivity index (χ2v) is 6.25. The zero-order valence-electron chi connectivity index (χ0n) is 14.8. The lowest BCUT2D eigenvalue weighted by atomic mass is 10.0. The quantitative estimate of drug-likeness (QED) is 0.810. The Morgan fingerprint density at radius 1 is 1.12 bits per heavy atom. The summed E-state index contributed by atoms with van der Waals surface area (Å²) in [6.07, 6.45) is -0.0173. The second kappa shape index (κ2) is 8.44. The Hall–Kier alpha value is -2.66. The average Bonchev–Trinajstić information content (AvgIpc) is 2.57. The molecule has 1 unspecified atom stereocenters. The number of nitrogens with zero attached hydrogens (tertiary/aromatic N) is 1. The van der Waals surface area contributed by atoms with Crippen LogP contribution in [-0.4, -0.2) is 35.5 Å². The summed E-state index contributed by atoms with van der Waals surface area (Å²) >= 11 is 0. The van der Waals surface area contributed by atoms with Crippen LogP contribution in [0.3, 0.4) is 0 Å². The smallest absolute Gasteiger partial charge is 0.304 e. The standard InChI is InChI=1S/C20H24N2O3/c1-14-9-10-15(2)17(13-14)21-20(25)19(16-7-5-4-6-8-16)22(3)12-11-18(23)24/h4-10,13,19H,11-12H2,1-3H3,(H,21,25)(H,23,24). The largest absolute Gasteiger partial charge is 0.481 e. The maximum Gasteiger partial charge on any atom is 0.304 e. The number of carbonyl (C=O) groups excluding carboxylic acids is 1. The van der Waals surface area contributed by atoms with Gasteiger partial charge in [-0.2, -0.15) is 0 Å². The molecule has 5 nitrogen and oxygen atoms in total. The number of carboxylic acid groups (broad SMARTS) is 1. The van der Waals surface area contributed by atoms with Gasteiger partial charge in [0, 0.05) is 12.2 Å². The molecular weight excluding hydrogens is 316 g/mol. The number of carboxylic acids is 1. The van der Waals surface area contributed by atoms with Gasteiger partial charge in [0.05, 0.1) is 6.42 Å². The number of carbonyl (C=O) groups is 2. The number of benzene rings is 2. The number of amides is 1. The third-order valence-electron chi connectivity index (χ3n) is 4.13. The van der Waals surface area contributed by atoms with Crippen molar-refractivity contribution in [2.24, 2.45) is 0 Å². The number of aryl methyl sites for hydroxylation is 2. The first-order chi connectivity index (χ1) is 11.9. The minimum Gasteiger partial charge on any atom is -0.481 e. The Labute approximate surface area is 148 Å². The molecule has 0 saturated heterocycles. The van der Waals surface area contributed by atoms with Crippen LogP contribution in [0.5, 0.6) is 0 Å². The van der Waals surface area contributed by atoms with Crippen molar-refractivity contribution < 1.29 is 14.7 Å². The molecule has 25 heavy (non-hydrogen) atoms. The Balaban J connectivity index is 2.26. The summed E-state index contributed by atoms with van der Waals surface area (Å²) in [6.45, 7) is 4.21. The monoisotopic (exact) mass is 340 g/mol. The van der Waals surface area contributed by atoms with E-state index in [2.05, 4.69) is 5.32 Å². The van der Waals surface area contributed by atoms with Gasteiger partial charge in [-0.25, -0.2) is 0 Å². The van der Waals surface area contributed by atoms with Crippen molar-refractivity contribution in [1.82, 2.24) is 4.90 Å². The third kappa shape index (κ3) is 5.16. The van der Waals surface area contributed by atoms with Crippen LogP contribution in [0.25, 0.3) is 0 Å². The van der Waals surface area contributed by atoms with Gasteiger partial charge in [-0.05, 0) is 43.7 Å². The van der Waals surface area contributed by atoms with Gasteiger partial charge in [-0.3, -0.25) is 14.5 Å². The molecule has 0 aliphatic carbocycles. The number of rotatable bonds is 7. The summed E-state index contributed by atoms with van der Waals surface area (Å²) in [6, 6.07) is 14.7. The summed E-state index contributed by atoms with van der Waals surface area (Å²) in [5.74, 6) is -1.05. The maximum atomic E-state index is 13.0. The zero-order valence-corrected chi connectivity index (χ0v) is 14.8. The summed E-state index contributed by atoms with van der Waals surface area (Å²) in [7, 11) is 1.77. The first-order valence-electron chi connectivity index (χ1n) is 8.23. The molecule has 0 spiro atoms. The number of hydrogen-bond acceptors (Lipinski definition) is 3. The predicted octanol–water partition coefficient (Wildman–Crippen LogP) is 3.39. The highest BCUT2D eigenvalue weighted by molar-refractivity contribution is 5.96. The Bertz CT molecular complexity index is 744. The van der Waals surface area contributed by atoms with Crippen molar-refractivity contribution >= 4 is 17.6 Å². The molecule has 1 atom stereocenters. The molecule has 2 aromatic carbocycles. The number of aliphatic carboxylic acids is 1. The molecule has 0 heterocycles.